The highest BCUT2D eigenvalue weighted by Crippen LogP contribution is 2.40. The van der Waals surface area contributed by atoms with Gasteiger partial charge in [0, 0.05) is 5.56 Å². The van der Waals surface area contributed by atoms with Crippen LogP contribution in [-0.4, -0.2) is 0 Å². The molecule has 0 radical (unpaired) electrons. The zero-order valence-corrected chi connectivity index (χ0v) is 12.8. The van der Waals surface area contributed by atoms with Gasteiger partial charge < -0.3 is 0 Å². The Balaban J connectivity index is 2.71. The van der Waals surface area contributed by atoms with Crippen LogP contribution < -0.4 is 0 Å². The van der Waals surface area contributed by atoms with E-state index in [-0.39, 0.29) is 26.2 Å². The highest BCUT2D eigenvalue weighted by Gasteiger charge is 2.32. The molecule has 2 aromatic rings. The van der Waals surface area contributed by atoms with E-state index >= 15 is 0 Å². The molecule has 2 aromatic carbocycles. The molecule has 118 valence electrons. The minimum atomic E-state index is -4.66. The molecule has 0 aliphatic carbocycles. The Hall–Kier alpha value is -1.04. The van der Waals surface area contributed by atoms with Crippen molar-refractivity contribution in [3.05, 3.63) is 56.5 Å². The zero-order chi connectivity index (χ0) is 16.7. The average Bonchev–Trinajstić information content (AvgIpc) is 2.42. The molecule has 0 atom stereocenters. The molecule has 0 unspecified atom stereocenters. The second-order valence-corrected chi connectivity index (χ2v) is 5.55. The molecule has 0 aromatic heterocycles. The van der Waals surface area contributed by atoms with Crippen LogP contribution in [-0.2, 0) is 6.18 Å². The summed E-state index contributed by atoms with van der Waals surface area (Å²) in [5.41, 5.74) is -1.87. The van der Waals surface area contributed by atoms with Crippen molar-refractivity contribution in [1.82, 2.24) is 0 Å². The molecule has 0 aliphatic heterocycles. The average molecular weight is 376 g/mol. The molecule has 0 spiro atoms. The lowest BCUT2D eigenvalue weighted by atomic mass is 9.97. The fourth-order valence-corrected chi connectivity index (χ4v) is 2.48. The van der Waals surface area contributed by atoms with Crippen LogP contribution in [0, 0.1) is 0 Å². The van der Waals surface area contributed by atoms with Gasteiger partial charge in [-0.2, -0.15) is 13.2 Å². The Kier molecular flexibility index (Phi) is 4.90. The van der Waals surface area contributed by atoms with Crippen LogP contribution in [0.4, 0.5) is 22.0 Å². The topological polar surface area (TPSA) is 0 Å². The maximum absolute atomic E-state index is 13.0. The molecule has 0 saturated heterocycles. The van der Waals surface area contributed by atoms with Crippen molar-refractivity contribution in [3.8, 4) is 11.1 Å². The smallest absolute Gasteiger partial charge is 0.205 e. The lowest BCUT2D eigenvalue weighted by Gasteiger charge is -2.14. The number of hydrogen-bond donors (Lipinski definition) is 0. The third-order valence-corrected chi connectivity index (χ3v) is 4.11. The van der Waals surface area contributed by atoms with Crippen molar-refractivity contribution in [2.45, 2.75) is 12.6 Å². The van der Waals surface area contributed by atoms with Crippen LogP contribution in [0.3, 0.4) is 0 Å². The van der Waals surface area contributed by atoms with Gasteiger partial charge in [-0.3, -0.25) is 0 Å². The Morgan fingerprint density at radius 3 is 1.86 bits per heavy atom. The van der Waals surface area contributed by atoms with Crippen LogP contribution in [0.25, 0.3) is 11.1 Å². The maximum atomic E-state index is 13.0. The third-order valence-electron chi connectivity index (χ3n) is 2.91. The zero-order valence-electron chi connectivity index (χ0n) is 10.5. The predicted molar refractivity (Wildman–Crippen MR) is 76.9 cm³/mol. The molecule has 0 N–H and O–H groups in total. The predicted octanol–water partition coefficient (Wildman–Crippen LogP) is 7.27. The van der Waals surface area contributed by atoms with Gasteiger partial charge in [-0.1, -0.05) is 40.9 Å². The van der Waals surface area contributed by atoms with Crippen LogP contribution in [0.15, 0.2) is 30.3 Å². The minimum Gasteiger partial charge on any atom is -0.205 e. The number of benzene rings is 2. The van der Waals surface area contributed by atoms with Crippen LogP contribution in [0.5, 0.6) is 0 Å². The van der Waals surface area contributed by atoms with E-state index in [1.54, 1.807) is 0 Å². The fourth-order valence-electron chi connectivity index (χ4n) is 1.88. The van der Waals surface area contributed by atoms with Gasteiger partial charge in [-0.05, 0) is 35.4 Å². The van der Waals surface area contributed by atoms with Crippen molar-refractivity contribution < 1.29 is 22.0 Å². The molecule has 0 bridgehead atoms. The summed E-state index contributed by atoms with van der Waals surface area (Å²) in [5.74, 6) is 0. The number of rotatable bonds is 2. The van der Waals surface area contributed by atoms with Gasteiger partial charge in [0.05, 0.1) is 20.6 Å². The molecule has 0 aliphatic rings. The summed E-state index contributed by atoms with van der Waals surface area (Å²) < 4.78 is 64.4. The van der Waals surface area contributed by atoms with Gasteiger partial charge in [-0.25, -0.2) is 8.78 Å². The second kappa shape index (κ2) is 6.22. The summed E-state index contributed by atoms with van der Waals surface area (Å²) in [4.78, 5) is 0. The number of hydrogen-bond acceptors (Lipinski definition) is 0. The lowest BCUT2D eigenvalue weighted by Crippen LogP contribution is -2.06. The van der Waals surface area contributed by atoms with Crippen molar-refractivity contribution in [3.63, 3.8) is 0 Å². The first-order valence-corrected chi connectivity index (χ1v) is 6.89. The first-order chi connectivity index (χ1) is 10.1. The largest absolute Gasteiger partial charge is 0.416 e. The summed E-state index contributed by atoms with van der Waals surface area (Å²) in [6, 6.07) is 4.36. The van der Waals surface area contributed by atoms with Gasteiger partial charge in [0.2, 0.25) is 0 Å². The molecule has 0 fully saturated rings. The van der Waals surface area contributed by atoms with E-state index in [2.05, 4.69) is 0 Å². The summed E-state index contributed by atoms with van der Waals surface area (Å²) in [7, 11) is 0. The van der Waals surface area contributed by atoms with Crippen molar-refractivity contribution >= 4 is 34.8 Å². The standard InChI is InChI=1S/C14H6Cl3F5/c15-10-3-6(4-11(16)12(10)17)9-5-7(14(20,21)22)1-2-8(9)13(18)19/h1-5,13H. The normalized spacial score (nSPS) is 12.0. The van der Waals surface area contributed by atoms with Crippen LogP contribution in [0.1, 0.15) is 17.6 Å². The van der Waals surface area contributed by atoms with Crippen LogP contribution >= 0.6 is 34.8 Å². The van der Waals surface area contributed by atoms with E-state index in [9.17, 15) is 22.0 Å². The van der Waals surface area contributed by atoms with Gasteiger partial charge in [0.25, 0.3) is 6.43 Å². The summed E-state index contributed by atoms with van der Waals surface area (Å²) in [6.07, 6.45) is -7.61. The molecule has 8 heteroatoms. The molecule has 0 amide bonds. The minimum absolute atomic E-state index is 0.00217. The third kappa shape index (κ3) is 3.47. The van der Waals surface area contributed by atoms with Gasteiger partial charge >= 0.3 is 6.18 Å². The highest BCUT2D eigenvalue weighted by atomic mass is 35.5. The molecular formula is C14H6Cl3F5. The van der Waals surface area contributed by atoms with Gasteiger partial charge in [0.1, 0.15) is 0 Å². The molecule has 0 nitrogen and oxygen atoms in total. The molecule has 2 rings (SSSR count). The Morgan fingerprint density at radius 1 is 0.864 bits per heavy atom. The van der Waals surface area contributed by atoms with E-state index in [1.165, 1.54) is 12.1 Å². The van der Waals surface area contributed by atoms with E-state index in [0.717, 1.165) is 6.07 Å². The quantitative estimate of drug-likeness (QED) is 0.382. The van der Waals surface area contributed by atoms with Crippen molar-refractivity contribution in [2.24, 2.45) is 0 Å². The SMILES string of the molecule is FC(F)c1ccc(C(F)(F)F)cc1-c1cc(Cl)c(Cl)c(Cl)c1. The monoisotopic (exact) mass is 374 g/mol. The molecular weight excluding hydrogens is 370 g/mol. The lowest BCUT2D eigenvalue weighted by molar-refractivity contribution is -0.137. The van der Waals surface area contributed by atoms with Crippen molar-refractivity contribution in [2.75, 3.05) is 0 Å². The number of alkyl halides is 5. The Bertz CT molecular complexity index is 687. The highest BCUT2D eigenvalue weighted by molar-refractivity contribution is 6.48. The molecule has 0 saturated carbocycles. The number of halogens is 8. The van der Waals surface area contributed by atoms with E-state index < -0.39 is 23.7 Å². The first kappa shape index (κ1) is 17.3. The van der Waals surface area contributed by atoms with Gasteiger partial charge in [0.15, 0.2) is 0 Å². The summed E-state index contributed by atoms with van der Waals surface area (Å²) in [5, 5.41) is -0.0822. The van der Waals surface area contributed by atoms with E-state index in [1.807, 2.05) is 0 Å². The summed E-state index contributed by atoms with van der Waals surface area (Å²) >= 11 is 17.4. The Morgan fingerprint density at radius 2 is 1.41 bits per heavy atom. The van der Waals surface area contributed by atoms with E-state index in [4.69, 9.17) is 34.8 Å². The second-order valence-electron chi connectivity index (χ2n) is 4.35. The van der Waals surface area contributed by atoms with Crippen LogP contribution in [0.2, 0.25) is 15.1 Å². The van der Waals surface area contributed by atoms with Gasteiger partial charge in [-0.15, -0.1) is 0 Å². The van der Waals surface area contributed by atoms with E-state index in [0.29, 0.717) is 12.1 Å². The fraction of sp³-hybridized carbons (Fsp3) is 0.143. The molecule has 0 heterocycles. The Labute approximate surface area is 137 Å². The first-order valence-electron chi connectivity index (χ1n) is 5.75. The maximum Gasteiger partial charge on any atom is 0.416 e. The molecule has 22 heavy (non-hydrogen) atoms. The summed E-state index contributed by atoms with van der Waals surface area (Å²) in [6.45, 7) is 0. The van der Waals surface area contributed by atoms with Crippen molar-refractivity contribution in [1.29, 1.82) is 0 Å².